The lowest BCUT2D eigenvalue weighted by Crippen LogP contribution is -2.35. The normalized spacial score (nSPS) is 17.7. The minimum atomic E-state index is -3.02. The van der Waals surface area contributed by atoms with E-state index in [0.29, 0.717) is 49.6 Å². The number of sulfone groups is 2. The number of anilines is 2. The first-order chi connectivity index (χ1) is 27.7. The van der Waals surface area contributed by atoms with Gasteiger partial charge in [-0.05, 0) is 105 Å². The number of fused-ring (bicyclic) bond motifs is 7. The van der Waals surface area contributed by atoms with Crippen molar-refractivity contribution in [2.75, 3.05) is 42.4 Å². The largest absolute Gasteiger partial charge is 0.356 e. The molecule has 0 fully saturated rings. The fraction of sp³-hybridized carbons (Fsp3) is 0.500. The van der Waals surface area contributed by atoms with Gasteiger partial charge in [-0.2, -0.15) is 0 Å². The van der Waals surface area contributed by atoms with Gasteiger partial charge in [0.2, 0.25) is 11.8 Å². The number of hydrogen-bond acceptors (Lipinski definition) is 11. The van der Waals surface area contributed by atoms with Crippen molar-refractivity contribution in [3.8, 4) is 0 Å². The second kappa shape index (κ2) is 17.7. The number of aromatic nitrogens is 6. The van der Waals surface area contributed by atoms with E-state index in [1.807, 2.05) is 0 Å². The Morgan fingerprint density at radius 2 is 1.28 bits per heavy atom. The fourth-order valence-corrected chi connectivity index (χ4v) is 9.98. The first kappa shape index (κ1) is 41.5. The third kappa shape index (κ3) is 9.97. The Balaban J connectivity index is 0.000000188. The number of amides is 2. The zero-order valence-corrected chi connectivity index (χ0v) is 35.2. The number of carbonyl (C=O) groups excluding carboxylic acids is 2. The molecule has 3 aliphatic rings. The highest BCUT2D eigenvalue weighted by Crippen LogP contribution is 2.37. The van der Waals surface area contributed by atoms with Crippen LogP contribution in [0.3, 0.4) is 0 Å². The quantitative estimate of drug-likeness (QED) is 0.0869. The molecule has 0 radical (unpaired) electrons. The molecule has 5 aromatic rings. The number of nitrogens with zero attached hydrogens (tertiary/aromatic N) is 4. The van der Waals surface area contributed by atoms with Gasteiger partial charge < -0.3 is 25.9 Å². The molecule has 8 rings (SSSR count). The van der Waals surface area contributed by atoms with Crippen LogP contribution in [0.5, 0.6) is 0 Å². The van der Waals surface area contributed by atoms with Crippen LogP contribution in [0.25, 0.3) is 22.1 Å². The summed E-state index contributed by atoms with van der Waals surface area (Å²) in [5.41, 5.74) is 9.67. The number of carbonyl (C=O) groups is 2. The van der Waals surface area contributed by atoms with Crippen LogP contribution < -0.4 is 16.0 Å². The Bertz CT molecular complexity index is 2560. The second-order valence-electron chi connectivity index (χ2n) is 15.7. The van der Waals surface area contributed by atoms with Gasteiger partial charge in [0.25, 0.3) is 0 Å². The van der Waals surface area contributed by atoms with E-state index < -0.39 is 19.7 Å². The zero-order chi connectivity index (χ0) is 41.0. The van der Waals surface area contributed by atoms with Gasteiger partial charge in [0.1, 0.15) is 54.6 Å². The van der Waals surface area contributed by atoms with Crippen LogP contribution in [0.15, 0.2) is 30.9 Å². The maximum absolute atomic E-state index is 12.8. The number of aryl methyl sites for hydroxylation is 3. The number of aromatic amines is 2. The molecule has 5 N–H and O–H groups in total. The van der Waals surface area contributed by atoms with Gasteiger partial charge in [0.15, 0.2) is 0 Å². The summed E-state index contributed by atoms with van der Waals surface area (Å²) in [5, 5.41) is 11.5. The highest BCUT2D eigenvalue weighted by Gasteiger charge is 2.30. The van der Waals surface area contributed by atoms with E-state index >= 15 is 0 Å². The molecular weight excluding hydrogens is 802 g/mol. The van der Waals surface area contributed by atoms with Gasteiger partial charge in [-0.25, -0.2) is 36.8 Å². The van der Waals surface area contributed by atoms with E-state index in [2.05, 4.69) is 64.1 Å². The summed E-state index contributed by atoms with van der Waals surface area (Å²) in [6.45, 7) is 0.741. The number of benzene rings is 1. The maximum Gasteiger partial charge on any atom is 0.223 e. The Labute approximate surface area is 343 Å². The average molecular weight is 852 g/mol. The van der Waals surface area contributed by atoms with Gasteiger partial charge in [0, 0.05) is 54.5 Å². The molecule has 4 heterocycles. The molecule has 18 heteroatoms. The first-order valence-corrected chi connectivity index (χ1v) is 24.4. The molecule has 3 aliphatic carbocycles. The average Bonchev–Trinajstić information content (AvgIpc) is 3.76. The monoisotopic (exact) mass is 851 g/mol. The molecule has 310 valence electrons. The van der Waals surface area contributed by atoms with Gasteiger partial charge >= 0.3 is 0 Å². The summed E-state index contributed by atoms with van der Waals surface area (Å²) < 4.78 is 44.8. The predicted molar refractivity (Wildman–Crippen MR) is 225 cm³/mol. The number of nitrogens with one attached hydrogen (secondary N) is 5. The van der Waals surface area contributed by atoms with Crippen molar-refractivity contribution in [3.05, 3.63) is 69.6 Å². The van der Waals surface area contributed by atoms with Crippen molar-refractivity contribution >= 4 is 76.7 Å². The van der Waals surface area contributed by atoms with Crippen LogP contribution in [0.1, 0.15) is 72.2 Å². The van der Waals surface area contributed by atoms with Crippen LogP contribution in [-0.4, -0.2) is 95.7 Å². The number of hydrogen-bond donors (Lipinski definition) is 5. The molecule has 1 aromatic carbocycles. The summed E-state index contributed by atoms with van der Waals surface area (Å²) >= 11 is 6.18. The van der Waals surface area contributed by atoms with Gasteiger partial charge in [-0.1, -0.05) is 23.7 Å². The smallest absolute Gasteiger partial charge is 0.223 e. The Morgan fingerprint density at radius 3 is 1.88 bits per heavy atom. The molecule has 0 bridgehead atoms. The van der Waals surface area contributed by atoms with Crippen LogP contribution in [-0.2, 0) is 67.8 Å². The summed E-state index contributed by atoms with van der Waals surface area (Å²) in [4.78, 5) is 49.1. The molecule has 0 saturated heterocycles. The van der Waals surface area contributed by atoms with E-state index in [4.69, 9.17) is 11.6 Å². The first-order valence-electron chi connectivity index (χ1n) is 19.9. The Morgan fingerprint density at radius 1 is 0.724 bits per heavy atom. The van der Waals surface area contributed by atoms with Crippen LogP contribution >= 0.6 is 11.6 Å². The van der Waals surface area contributed by atoms with E-state index in [0.717, 1.165) is 89.0 Å². The summed E-state index contributed by atoms with van der Waals surface area (Å²) in [5.74, 6) is 0.579. The van der Waals surface area contributed by atoms with Gasteiger partial charge in [-0.15, -0.1) is 0 Å². The lowest BCUT2D eigenvalue weighted by Gasteiger charge is -2.22. The van der Waals surface area contributed by atoms with E-state index in [-0.39, 0.29) is 35.2 Å². The van der Waals surface area contributed by atoms with E-state index in [9.17, 15) is 26.4 Å². The van der Waals surface area contributed by atoms with Crippen molar-refractivity contribution in [1.29, 1.82) is 0 Å². The van der Waals surface area contributed by atoms with Crippen molar-refractivity contribution in [3.63, 3.8) is 0 Å². The SMILES string of the molecule is CS(=O)(=O)CCCNC(=O)C1CCc2[nH]c3ncnc(Cl)c3c2C1.CS(=O)(=O)CCCNC(=O)C1CCc2[nH]c3ncnc(Nc4cccc5c4CCCC5)c3c2C1. The lowest BCUT2D eigenvalue weighted by molar-refractivity contribution is -0.126. The zero-order valence-electron chi connectivity index (χ0n) is 32.8. The van der Waals surface area contributed by atoms with E-state index in [1.54, 1.807) is 6.33 Å². The predicted octanol–water partition coefficient (Wildman–Crippen LogP) is 4.50. The lowest BCUT2D eigenvalue weighted by atomic mass is 9.86. The molecule has 15 nitrogen and oxygen atoms in total. The number of H-pyrrole nitrogens is 2. The highest BCUT2D eigenvalue weighted by molar-refractivity contribution is 7.90. The highest BCUT2D eigenvalue weighted by atomic mass is 35.5. The summed E-state index contributed by atoms with van der Waals surface area (Å²) in [7, 11) is -6.01. The van der Waals surface area contributed by atoms with Gasteiger partial charge in [-0.3, -0.25) is 9.59 Å². The topological polar surface area (TPSA) is 222 Å². The van der Waals surface area contributed by atoms with E-state index in [1.165, 1.54) is 42.8 Å². The number of rotatable bonds is 12. The van der Waals surface area contributed by atoms with Crippen molar-refractivity contribution < 1.29 is 26.4 Å². The molecular formula is C40H50ClN9O6S2. The van der Waals surface area contributed by atoms with Gasteiger partial charge in [0.05, 0.1) is 22.3 Å². The van der Waals surface area contributed by atoms with Crippen molar-refractivity contribution in [2.24, 2.45) is 11.8 Å². The second-order valence-corrected chi connectivity index (χ2v) is 20.6. The summed E-state index contributed by atoms with van der Waals surface area (Å²) in [6.07, 6.45) is 15.1. The van der Waals surface area contributed by atoms with Crippen LogP contribution in [0.4, 0.5) is 11.5 Å². The van der Waals surface area contributed by atoms with Crippen molar-refractivity contribution in [2.45, 2.75) is 77.0 Å². The third-order valence-electron chi connectivity index (χ3n) is 11.3. The molecule has 2 amide bonds. The fourth-order valence-electron chi connectivity index (χ4n) is 8.39. The summed E-state index contributed by atoms with van der Waals surface area (Å²) in [6, 6.07) is 6.43. The minimum absolute atomic E-state index is 0.0167. The molecule has 2 unspecified atom stereocenters. The molecule has 2 atom stereocenters. The third-order valence-corrected chi connectivity index (χ3v) is 13.6. The number of halogens is 1. The van der Waals surface area contributed by atoms with Crippen molar-refractivity contribution in [1.82, 2.24) is 40.5 Å². The standard InChI is InChI=1S/C25H31N5O3S.C15H19ClN4O3S/c1-34(32,33)13-5-12-26-25(31)17-10-11-21-19(14-17)22-23(27-15-28-24(22)30-21)29-20-9-4-7-16-6-2-3-8-18(16)20;1-24(22,23)6-2-5-17-15(21)9-3-4-11-10(7-9)12-13(16)18-8-19-14(12)20-11/h4,7,9,15,17H,2-3,5-6,8,10-14H2,1H3,(H,26,31)(H2,27,28,29,30);8-9H,2-7H2,1H3,(H,17,21)(H,18,19,20). The Kier molecular flexibility index (Phi) is 12.7. The molecule has 4 aromatic heterocycles. The molecule has 0 saturated carbocycles. The molecule has 58 heavy (non-hydrogen) atoms. The molecule has 0 spiro atoms. The van der Waals surface area contributed by atoms with Crippen LogP contribution in [0, 0.1) is 11.8 Å². The molecule has 0 aliphatic heterocycles. The maximum atomic E-state index is 12.8. The van der Waals surface area contributed by atoms with Crippen LogP contribution in [0.2, 0.25) is 5.15 Å². The minimum Gasteiger partial charge on any atom is -0.356 e. The Hall–Kier alpha value is -4.61.